The van der Waals surface area contributed by atoms with Crippen LogP contribution in [-0.2, 0) is 11.2 Å². The van der Waals surface area contributed by atoms with Crippen LogP contribution in [-0.4, -0.2) is 28.4 Å². The van der Waals surface area contributed by atoms with E-state index >= 15 is 0 Å². The summed E-state index contributed by atoms with van der Waals surface area (Å²) < 4.78 is 18.0. The molecule has 8 heteroatoms. The molecule has 1 N–H and O–H groups in total. The average molecular weight is 484 g/mol. The molecule has 1 aliphatic rings. The standard InChI is InChI=1S/C28H25N3O5/c1-3-7-23-26(28(36-18(2)32)31(30-23)22-8-5-4-6-9-22)19-10-13-21(14-11-19)29-27(33)20-12-15-24-25(16-20)35-17-34-24/h4-6,8-16H,3,7,17H2,1-2H3,(H,29,33). The van der Waals surface area contributed by atoms with Gasteiger partial charge < -0.3 is 19.5 Å². The van der Waals surface area contributed by atoms with E-state index in [0.29, 0.717) is 35.1 Å². The van der Waals surface area contributed by atoms with Gasteiger partial charge in [-0.2, -0.15) is 9.78 Å². The maximum absolute atomic E-state index is 12.8. The van der Waals surface area contributed by atoms with Gasteiger partial charge >= 0.3 is 5.97 Å². The van der Waals surface area contributed by atoms with Crippen LogP contribution in [0.15, 0.2) is 72.8 Å². The Morgan fingerprint density at radius 3 is 2.47 bits per heavy atom. The summed E-state index contributed by atoms with van der Waals surface area (Å²) in [4.78, 5) is 24.8. The van der Waals surface area contributed by atoms with Crippen molar-refractivity contribution >= 4 is 17.6 Å². The first-order chi connectivity index (χ1) is 17.5. The minimum absolute atomic E-state index is 0.151. The van der Waals surface area contributed by atoms with Crippen molar-refractivity contribution < 1.29 is 23.8 Å². The van der Waals surface area contributed by atoms with E-state index in [9.17, 15) is 9.59 Å². The van der Waals surface area contributed by atoms with E-state index in [2.05, 4.69) is 12.2 Å². The minimum Gasteiger partial charge on any atom is -0.454 e. The lowest BCUT2D eigenvalue weighted by Gasteiger charge is -2.10. The molecule has 0 saturated carbocycles. The summed E-state index contributed by atoms with van der Waals surface area (Å²) >= 11 is 0. The molecule has 0 spiro atoms. The van der Waals surface area contributed by atoms with Gasteiger partial charge in [0.25, 0.3) is 5.91 Å². The normalized spacial score (nSPS) is 11.8. The number of carbonyl (C=O) groups is 2. The molecule has 0 radical (unpaired) electrons. The molecule has 1 aromatic heterocycles. The Balaban J connectivity index is 1.46. The van der Waals surface area contributed by atoms with Gasteiger partial charge in [0.1, 0.15) is 0 Å². The third-order valence-electron chi connectivity index (χ3n) is 5.71. The number of rotatable bonds is 7. The van der Waals surface area contributed by atoms with E-state index in [1.165, 1.54) is 6.92 Å². The topological polar surface area (TPSA) is 91.7 Å². The maximum atomic E-state index is 12.8. The van der Waals surface area contributed by atoms with Gasteiger partial charge in [0.2, 0.25) is 12.7 Å². The molecule has 0 bridgehead atoms. The second-order valence-electron chi connectivity index (χ2n) is 8.32. The Morgan fingerprint density at radius 1 is 1.00 bits per heavy atom. The molecule has 0 aliphatic carbocycles. The molecular weight excluding hydrogens is 458 g/mol. The highest BCUT2D eigenvalue weighted by Crippen LogP contribution is 2.37. The third kappa shape index (κ3) is 4.65. The lowest BCUT2D eigenvalue weighted by atomic mass is 10.0. The van der Waals surface area contributed by atoms with Gasteiger partial charge in [0, 0.05) is 18.2 Å². The number of fused-ring (bicyclic) bond motifs is 1. The van der Waals surface area contributed by atoms with Crippen LogP contribution >= 0.6 is 0 Å². The van der Waals surface area contributed by atoms with Gasteiger partial charge in [-0.25, -0.2) is 0 Å². The molecule has 0 atom stereocenters. The van der Waals surface area contributed by atoms with Crippen LogP contribution in [0, 0.1) is 0 Å². The van der Waals surface area contributed by atoms with Crippen molar-refractivity contribution in [2.24, 2.45) is 0 Å². The van der Waals surface area contributed by atoms with Gasteiger partial charge in [0.15, 0.2) is 11.5 Å². The summed E-state index contributed by atoms with van der Waals surface area (Å²) in [5.74, 6) is 0.858. The predicted molar refractivity (Wildman–Crippen MR) is 135 cm³/mol. The van der Waals surface area contributed by atoms with Crippen LogP contribution in [0.4, 0.5) is 5.69 Å². The van der Waals surface area contributed by atoms with Gasteiger partial charge in [-0.1, -0.05) is 43.7 Å². The Bertz CT molecular complexity index is 1410. The van der Waals surface area contributed by atoms with Crippen LogP contribution in [0.25, 0.3) is 16.8 Å². The number of aromatic nitrogens is 2. The Hall–Kier alpha value is -4.59. The Morgan fingerprint density at radius 2 is 1.75 bits per heavy atom. The molecule has 3 aromatic carbocycles. The van der Waals surface area contributed by atoms with E-state index in [0.717, 1.165) is 28.9 Å². The van der Waals surface area contributed by atoms with E-state index in [1.807, 2.05) is 54.6 Å². The number of nitrogens with zero attached hydrogens (tertiary/aromatic N) is 2. The molecule has 5 rings (SSSR count). The number of carbonyl (C=O) groups excluding carboxylic acids is 2. The summed E-state index contributed by atoms with van der Waals surface area (Å²) in [7, 11) is 0. The van der Waals surface area contributed by atoms with Crippen molar-refractivity contribution in [1.29, 1.82) is 0 Å². The fourth-order valence-electron chi connectivity index (χ4n) is 4.08. The summed E-state index contributed by atoms with van der Waals surface area (Å²) in [5, 5.41) is 7.69. The van der Waals surface area contributed by atoms with E-state index in [1.54, 1.807) is 22.9 Å². The van der Waals surface area contributed by atoms with Crippen LogP contribution in [0.3, 0.4) is 0 Å². The summed E-state index contributed by atoms with van der Waals surface area (Å²) in [6.45, 7) is 3.60. The fraction of sp³-hybridized carbons (Fsp3) is 0.179. The number of para-hydroxylation sites is 1. The highest BCUT2D eigenvalue weighted by atomic mass is 16.7. The summed E-state index contributed by atoms with van der Waals surface area (Å²) in [6, 6.07) is 22.0. The largest absolute Gasteiger partial charge is 0.454 e. The Kier molecular flexibility index (Phi) is 6.40. The zero-order chi connectivity index (χ0) is 25.1. The molecule has 0 unspecified atom stereocenters. The van der Waals surface area contributed by atoms with Crippen LogP contribution in [0.1, 0.15) is 36.3 Å². The number of ether oxygens (including phenoxy) is 3. The van der Waals surface area contributed by atoms with Crippen molar-refractivity contribution in [3.8, 4) is 34.2 Å². The van der Waals surface area contributed by atoms with Crippen LogP contribution in [0.2, 0.25) is 0 Å². The summed E-state index contributed by atoms with van der Waals surface area (Å²) in [6.07, 6.45) is 1.59. The second-order valence-corrected chi connectivity index (χ2v) is 8.32. The average Bonchev–Trinajstić information content (AvgIpc) is 3.49. The van der Waals surface area contributed by atoms with Crippen LogP contribution < -0.4 is 19.5 Å². The first kappa shape index (κ1) is 23.2. The molecule has 36 heavy (non-hydrogen) atoms. The molecule has 0 fully saturated rings. The molecule has 4 aromatic rings. The molecular formula is C28H25N3O5. The second kappa shape index (κ2) is 9.95. The number of benzene rings is 3. The van der Waals surface area contributed by atoms with Crippen molar-refractivity contribution in [2.75, 3.05) is 12.1 Å². The van der Waals surface area contributed by atoms with E-state index in [4.69, 9.17) is 19.3 Å². The number of amides is 1. The summed E-state index contributed by atoms with van der Waals surface area (Å²) in [5.41, 5.74) is 4.31. The molecule has 182 valence electrons. The molecule has 0 saturated heterocycles. The van der Waals surface area contributed by atoms with Gasteiger partial charge in [0.05, 0.1) is 16.9 Å². The van der Waals surface area contributed by atoms with E-state index < -0.39 is 5.97 Å². The molecule has 1 aliphatic heterocycles. The number of hydrogen-bond acceptors (Lipinski definition) is 6. The van der Waals surface area contributed by atoms with Crippen LogP contribution in [0.5, 0.6) is 17.4 Å². The van der Waals surface area contributed by atoms with Crippen molar-refractivity contribution in [2.45, 2.75) is 26.7 Å². The molecule has 2 heterocycles. The zero-order valence-electron chi connectivity index (χ0n) is 20.0. The first-order valence-corrected chi connectivity index (χ1v) is 11.7. The first-order valence-electron chi connectivity index (χ1n) is 11.7. The van der Waals surface area contributed by atoms with Crippen molar-refractivity contribution in [3.63, 3.8) is 0 Å². The quantitative estimate of drug-likeness (QED) is 0.354. The van der Waals surface area contributed by atoms with Gasteiger partial charge in [-0.05, 0) is 54.4 Å². The van der Waals surface area contributed by atoms with E-state index in [-0.39, 0.29) is 12.7 Å². The zero-order valence-corrected chi connectivity index (χ0v) is 20.0. The number of esters is 1. The molecule has 1 amide bonds. The fourth-order valence-corrected chi connectivity index (χ4v) is 4.08. The smallest absolute Gasteiger partial charge is 0.309 e. The highest BCUT2D eigenvalue weighted by molar-refractivity contribution is 6.04. The number of aryl methyl sites for hydroxylation is 1. The van der Waals surface area contributed by atoms with Crippen molar-refractivity contribution in [3.05, 3.63) is 84.1 Å². The lowest BCUT2D eigenvalue weighted by Crippen LogP contribution is -2.11. The maximum Gasteiger partial charge on any atom is 0.309 e. The third-order valence-corrected chi connectivity index (χ3v) is 5.71. The monoisotopic (exact) mass is 483 g/mol. The minimum atomic E-state index is -0.427. The lowest BCUT2D eigenvalue weighted by molar-refractivity contribution is -0.132. The Labute approximate surface area is 208 Å². The number of nitrogens with one attached hydrogen (secondary N) is 1. The predicted octanol–water partition coefficient (Wildman–Crippen LogP) is 5.40. The van der Waals surface area contributed by atoms with Crippen molar-refractivity contribution in [1.82, 2.24) is 9.78 Å². The van der Waals surface area contributed by atoms with Gasteiger partial charge in [-0.3, -0.25) is 9.59 Å². The molecule has 8 nitrogen and oxygen atoms in total. The highest BCUT2D eigenvalue weighted by Gasteiger charge is 2.23. The number of anilines is 1. The SMILES string of the molecule is CCCc1nn(-c2ccccc2)c(OC(C)=O)c1-c1ccc(NC(=O)c2ccc3c(c2)OCO3)cc1. The number of hydrogen-bond donors (Lipinski definition) is 1. The van der Waals surface area contributed by atoms with Gasteiger partial charge in [-0.15, -0.1) is 0 Å².